The molecule has 0 aliphatic carbocycles. The van der Waals surface area contributed by atoms with Crippen LogP contribution in [0.5, 0.6) is 0 Å². The third-order valence-corrected chi connectivity index (χ3v) is 8.49. The molecule has 4 aromatic carbocycles. The number of aryl methyl sites for hydroxylation is 2. The van der Waals surface area contributed by atoms with Crippen molar-refractivity contribution >= 4 is 32.3 Å². The van der Waals surface area contributed by atoms with Gasteiger partial charge in [0.1, 0.15) is 11.3 Å². The minimum Gasteiger partial charge on any atom is -0.454 e. The highest BCUT2D eigenvalue weighted by atomic mass is 32.2. The maximum atomic E-state index is 14.3. The van der Waals surface area contributed by atoms with Crippen LogP contribution in [0.1, 0.15) is 34.1 Å². The Labute approximate surface area is 211 Å². The van der Waals surface area contributed by atoms with Gasteiger partial charge in [0, 0.05) is 11.0 Å². The maximum Gasteiger partial charge on any atom is 0.265 e. The third kappa shape index (κ3) is 3.64. The second-order valence-corrected chi connectivity index (χ2v) is 11.0. The lowest BCUT2D eigenvalue weighted by molar-refractivity contribution is 0.576. The van der Waals surface area contributed by atoms with Crippen molar-refractivity contribution in [3.63, 3.8) is 0 Å². The maximum absolute atomic E-state index is 14.3. The van der Waals surface area contributed by atoms with Gasteiger partial charge in [0.15, 0.2) is 5.76 Å². The smallest absolute Gasteiger partial charge is 0.265 e. The van der Waals surface area contributed by atoms with Gasteiger partial charge in [-0.15, -0.1) is 0 Å². The first-order valence-electron chi connectivity index (χ1n) is 11.9. The second kappa shape index (κ2) is 8.54. The van der Waals surface area contributed by atoms with Crippen LogP contribution in [0.25, 0.3) is 16.5 Å². The number of rotatable bonds is 4. The van der Waals surface area contributed by atoms with Crippen LogP contribution in [0.15, 0.2) is 119 Å². The number of sulfonamides is 1. The molecule has 0 saturated carbocycles. The van der Waals surface area contributed by atoms with Crippen molar-refractivity contribution in [2.75, 3.05) is 4.31 Å². The van der Waals surface area contributed by atoms with Crippen LogP contribution in [0, 0.1) is 13.8 Å². The molecule has 1 aliphatic rings. The van der Waals surface area contributed by atoms with Gasteiger partial charge in [-0.25, -0.2) is 8.42 Å². The summed E-state index contributed by atoms with van der Waals surface area (Å²) in [5.74, 6) is 0.558. The summed E-state index contributed by atoms with van der Waals surface area (Å²) in [5.41, 5.74) is 6.12. The number of benzene rings is 4. The molecule has 5 aromatic rings. The van der Waals surface area contributed by atoms with Crippen LogP contribution in [0.4, 0.5) is 5.69 Å². The predicted molar refractivity (Wildman–Crippen MR) is 144 cm³/mol. The summed E-state index contributed by atoms with van der Waals surface area (Å²) < 4.78 is 36.6. The largest absolute Gasteiger partial charge is 0.454 e. The van der Waals surface area contributed by atoms with Gasteiger partial charge >= 0.3 is 0 Å². The molecule has 0 saturated heterocycles. The summed E-state index contributed by atoms with van der Waals surface area (Å²) in [5, 5.41) is 0.766. The molecule has 5 heteroatoms. The number of anilines is 1. The number of nitrogens with zero attached hydrogens (tertiary/aromatic N) is 1. The molecule has 0 fully saturated rings. The minimum atomic E-state index is -3.93. The predicted octanol–water partition coefficient (Wildman–Crippen LogP) is 7.43. The van der Waals surface area contributed by atoms with Crippen LogP contribution in [0.2, 0.25) is 0 Å². The summed E-state index contributed by atoms with van der Waals surface area (Å²) in [4.78, 5) is 0.248. The summed E-state index contributed by atoms with van der Waals surface area (Å²) in [6.07, 6.45) is 2.01. The fraction of sp³-hybridized carbons (Fsp3) is 0.0968. The lowest BCUT2D eigenvalue weighted by Gasteiger charge is -2.35. The number of furan rings is 1. The highest BCUT2D eigenvalue weighted by molar-refractivity contribution is 7.92. The Morgan fingerprint density at radius 1 is 0.722 bits per heavy atom. The SMILES string of the molecule is Cc1ccc(C2=CC(c3ccccc3)N(S(=O)(=O)c3ccc(C)cc3)c3c2oc2ccccc32)cc1. The van der Waals surface area contributed by atoms with Gasteiger partial charge in [0.05, 0.1) is 10.9 Å². The molecule has 0 amide bonds. The van der Waals surface area contributed by atoms with Crippen molar-refractivity contribution in [2.45, 2.75) is 24.8 Å². The standard InChI is InChI=1S/C31H25NO3S/c1-21-12-16-23(17-13-21)27-20-28(24-8-4-3-5-9-24)32(36(33,34)25-18-14-22(2)15-19-25)30-26-10-6-7-11-29(26)35-31(27)30/h3-20,28H,1-2H3. The summed E-state index contributed by atoms with van der Waals surface area (Å²) in [6, 6.07) is 32.1. The van der Waals surface area contributed by atoms with E-state index in [1.807, 2.05) is 86.7 Å². The van der Waals surface area contributed by atoms with Gasteiger partial charge in [-0.1, -0.05) is 90.0 Å². The topological polar surface area (TPSA) is 50.5 Å². The van der Waals surface area contributed by atoms with Gasteiger partial charge in [-0.2, -0.15) is 0 Å². The molecular formula is C31H25NO3S. The molecule has 0 spiro atoms. The molecular weight excluding hydrogens is 466 g/mol. The van der Waals surface area contributed by atoms with Crippen molar-refractivity contribution in [3.05, 3.63) is 137 Å². The third-order valence-electron chi connectivity index (χ3n) is 6.69. The molecule has 2 heterocycles. The zero-order valence-electron chi connectivity index (χ0n) is 20.0. The van der Waals surface area contributed by atoms with Crippen molar-refractivity contribution in [2.24, 2.45) is 0 Å². The average Bonchev–Trinajstić information content (AvgIpc) is 3.28. The van der Waals surface area contributed by atoms with Crippen molar-refractivity contribution in [3.8, 4) is 0 Å². The van der Waals surface area contributed by atoms with E-state index in [-0.39, 0.29) is 4.90 Å². The zero-order valence-corrected chi connectivity index (χ0v) is 20.9. The first kappa shape index (κ1) is 22.4. The van der Waals surface area contributed by atoms with Crippen LogP contribution in [-0.2, 0) is 10.0 Å². The van der Waals surface area contributed by atoms with E-state index in [1.54, 1.807) is 12.1 Å². The van der Waals surface area contributed by atoms with Crippen molar-refractivity contribution in [1.82, 2.24) is 0 Å². The van der Waals surface area contributed by atoms with Gasteiger partial charge in [0.2, 0.25) is 0 Å². The number of hydrogen-bond donors (Lipinski definition) is 0. The van der Waals surface area contributed by atoms with Gasteiger partial charge in [0.25, 0.3) is 10.0 Å². The van der Waals surface area contributed by atoms with Crippen LogP contribution in [-0.4, -0.2) is 8.42 Å². The highest BCUT2D eigenvalue weighted by Gasteiger charge is 2.40. The van der Waals surface area contributed by atoms with E-state index in [9.17, 15) is 8.42 Å². The Balaban J connectivity index is 1.68. The minimum absolute atomic E-state index is 0.248. The monoisotopic (exact) mass is 491 g/mol. The lowest BCUT2D eigenvalue weighted by atomic mass is 9.92. The van der Waals surface area contributed by atoms with E-state index < -0.39 is 16.1 Å². The first-order valence-corrected chi connectivity index (χ1v) is 13.3. The van der Waals surface area contributed by atoms with E-state index in [2.05, 4.69) is 24.3 Å². The van der Waals surface area contributed by atoms with E-state index in [4.69, 9.17) is 4.42 Å². The first-order chi connectivity index (χ1) is 17.4. The molecule has 0 radical (unpaired) electrons. The molecule has 0 bridgehead atoms. The van der Waals surface area contributed by atoms with Crippen LogP contribution < -0.4 is 4.31 Å². The van der Waals surface area contributed by atoms with Gasteiger partial charge in [-0.05, 0) is 55.3 Å². The normalized spacial score (nSPS) is 15.6. The molecule has 6 rings (SSSR count). The fourth-order valence-corrected chi connectivity index (χ4v) is 6.42. The Bertz CT molecular complexity index is 1700. The summed E-state index contributed by atoms with van der Waals surface area (Å²) in [6.45, 7) is 4.00. The molecule has 1 aliphatic heterocycles. The molecule has 4 nitrogen and oxygen atoms in total. The Morgan fingerprint density at radius 3 is 2.03 bits per heavy atom. The summed E-state index contributed by atoms with van der Waals surface area (Å²) >= 11 is 0. The average molecular weight is 492 g/mol. The molecule has 1 aromatic heterocycles. The van der Waals surface area contributed by atoms with E-state index >= 15 is 0 Å². The zero-order chi connectivity index (χ0) is 24.9. The molecule has 1 unspecified atom stereocenters. The van der Waals surface area contributed by atoms with Crippen molar-refractivity contribution < 1.29 is 12.8 Å². The fourth-order valence-electron chi connectivity index (χ4n) is 4.81. The number of hydrogen-bond acceptors (Lipinski definition) is 3. The molecule has 178 valence electrons. The second-order valence-electron chi connectivity index (χ2n) is 9.19. The molecule has 1 atom stereocenters. The van der Waals surface area contributed by atoms with E-state index in [0.717, 1.165) is 33.2 Å². The van der Waals surface area contributed by atoms with Gasteiger partial charge in [-0.3, -0.25) is 4.31 Å². The quantitative estimate of drug-likeness (QED) is 0.263. The lowest BCUT2D eigenvalue weighted by Crippen LogP contribution is -2.36. The van der Waals surface area contributed by atoms with Crippen molar-refractivity contribution in [1.29, 1.82) is 0 Å². The number of fused-ring (bicyclic) bond motifs is 3. The van der Waals surface area contributed by atoms with Crippen LogP contribution >= 0.6 is 0 Å². The molecule has 36 heavy (non-hydrogen) atoms. The summed E-state index contributed by atoms with van der Waals surface area (Å²) in [7, 11) is -3.93. The Morgan fingerprint density at radius 2 is 1.33 bits per heavy atom. The van der Waals surface area contributed by atoms with E-state index in [1.165, 1.54) is 4.31 Å². The van der Waals surface area contributed by atoms with E-state index in [0.29, 0.717) is 17.0 Å². The van der Waals surface area contributed by atoms with Gasteiger partial charge < -0.3 is 4.42 Å². The number of para-hydroxylation sites is 1. The Hall–Kier alpha value is -4.09. The van der Waals surface area contributed by atoms with Crippen LogP contribution in [0.3, 0.4) is 0 Å². The Kier molecular flexibility index (Phi) is 5.31. The highest BCUT2D eigenvalue weighted by Crippen LogP contribution is 2.50. The molecule has 0 N–H and O–H groups in total.